The quantitative estimate of drug-likeness (QED) is 0.627. The average molecular weight is 390 g/mol. The van der Waals surface area contributed by atoms with Gasteiger partial charge in [0, 0.05) is 29.6 Å². The van der Waals surface area contributed by atoms with Gasteiger partial charge in [-0.1, -0.05) is 42.1 Å². The monoisotopic (exact) mass is 389 g/mol. The molecule has 0 spiro atoms. The second-order valence-corrected chi connectivity index (χ2v) is 7.83. The van der Waals surface area contributed by atoms with Gasteiger partial charge in [0.05, 0.1) is 18.7 Å². The summed E-state index contributed by atoms with van der Waals surface area (Å²) in [5.41, 5.74) is 2.87. The molecule has 6 nitrogen and oxygen atoms in total. The molecule has 0 saturated carbocycles. The van der Waals surface area contributed by atoms with Crippen LogP contribution in [0.1, 0.15) is 17.3 Å². The van der Waals surface area contributed by atoms with Crippen LogP contribution >= 0.6 is 23.1 Å². The van der Waals surface area contributed by atoms with E-state index in [9.17, 15) is 9.59 Å². The Morgan fingerprint density at radius 3 is 2.73 bits per heavy atom. The van der Waals surface area contributed by atoms with E-state index in [-0.39, 0.29) is 6.03 Å². The summed E-state index contributed by atoms with van der Waals surface area (Å²) in [6.45, 7) is 1.94. The molecule has 2 aromatic rings. The van der Waals surface area contributed by atoms with E-state index in [1.165, 1.54) is 23.8 Å². The minimum absolute atomic E-state index is 0.252. The van der Waals surface area contributed by atoms with Gasteiger partial charge in [-0.15, -0.1) is 11.3 Å². The molecule has 1 aliphatic rings. The number of hydrogen-bond donors (Lipinski definition) is 1. The molecular weight excluding hydrogens is 370 g/mol. The molecule has 1 atom stereocenters. The lowest BCUT2D eigenvalue weighted by Gasteiger charge is -2.34. The Labute approximate surface area is 160 Å². The van der Waals surface area contributed by atoms with E-state index in [0.717, 1.165) is 15.6 Å². The van der Waals surface area contributed by atoms with Gasteiger partial charge in [-0.05, 0) is 12.5 Å². The number of methoxy groups -OCH3 is 1. The zero-order valence-electron chi connectivity index (χ0n) is 14.7. The summed E-state index contributed by atoms with van der Waals surface area (Å²) in [6.07, 6.45) is 0. The number of benzene rings is 1. The van der Waals surface area contributed by atoms with Crippen molar-refractivity contribution in [1.29, 1.82) is 0 Å². The average Bonchev–Trinajstić information content (AvgIpc) is 3.07. The third-order valence-corrected chi connectivity index (χ3v) is 6.20. The smallest absolute Gasteiger partial charge is 0.338 e. The lowest BCUT2D eigenvalue weighted by Crippen LogP contribution is -2.47. The molecule has 0 unspecified atom stereocenters. The number of rotatable bonds is 5. The molecule has 8 heteroatoms. The second-order valence-electron chi connectivity index (χ2n) is 5.75. The summed E-state index contributed by atoms with van der Waals surface area (Å²) in [7, 11) is 3.01. The van der Waals surface area contributed by atoms with E-state index >= 15 is 0 Å². The lowest BCUT2D eigenvalue weighted by atomic mass is 9.95. The predicted molar refractivity (Wildman–Crippen MR) is 102 cm³/mol. The maximum atomic E-state index is 12.5. The SMILES string of the molecule is COC(=O)C1=C(CSc2nc(C)cs2)N(C)C(=O)N[C@H]1c1ccccc1. The standard InChI is InChI=1S/C18H19N3O3S2/c1-11-9-25-18(19-11)26-10-13-14(16(22)24-3)15(20-17(23)21(13)2)12-7-5-4-6-8-12/h4-9,15H,10H2,1-3H3,(H,20,23)/t15-/m0/s1. The molecule has 0 saturated heterocycles. The number of thiazole rings is 1. The van der Waals surface area contributed by atoms with Crippen LogP contribution in [0.25, 0.3) is 0 Å². The fraction of sp³-hybridized carbons (Fsp3) is 0.278. The Morgan fingerprint density at radius 1 is 1.38 bits per heavy atom. The van der Waals surface area contributed by atoms with E-state index in [1.807, 2.05) is 42.6 Å². The highest BCUT2D eigenvalue weighted by atomic mass is 32.2. The molecular formula is C18H19N3O3S2. The molecule has 1 aliphatic heterocycles. The zero-order chi connectivity index (χ0) is 18.7. The van der Waals surface area contributed by atoms with Crippen LogP contribution in [-0.4, -0.2) is 41.8 Å². The van der Waals surface area contributed by atoms with Crippen molar-refractivity contribution in [3.05, 3.63) is 58.2 Å². The van der Waals surface area contributed by atoms with Crippen molar-refractivity contribution < 1.29 is 14.3 Å². The fourth-order valence-corrected chi connectivity index (χ4v) is 4.64. The van der Waals surface area contributed by atoms with Gasteiger partial charge in [0.2, 0.25) is 0 Å². The molecule has 2 amide bonds. The van der Waals surface area contributed by atoms with Crippen LogP contribution in [0.2, 0.25) is 0 Å². The van der Waals surface area contributed by atoms with Crippen molar-refractivity contribution in [3.63, 3.8) is 0 Å². The highest BCUT2D eigenvalue weighted by Crippen LogP contribution is 2.34. The number of carbonyl (C=O) groups is 2. The van der Waals surface area contributed by atoms with Crippen molar-refractivity contribution in [2.75, 3.05) is 19.9 Å². The van der Waals surface area contributed by atoms with Crippen molar-refractivity contribution in [1.82, 2.24) is 15.2 Å². The number of hydrogen-bond acceptors (Lipinski definition) is 6. The normalized spacial score (nSPS) is 17.3. The molecule has 0 aliphatic carbocycles. The van der Waals surface area contributed by atoms with Crippen molar-refractivity contribution >= 4 is 35.1 Å². The first-order chi connectivity index (χ1) is 12.5. The molecule has 2 heterocycles. The molecule has 136 valence electrons. The number of thioether (sulfide) groups is 1. The Balaban J connectivity index is 2.01. The van der Waals surface area contributed by atoms with Crippen molar-refractivity contribution in [2.45, 2.75) is 17.3 Å². The minimum atomic E-state index is -0.541. The number of nitrogens with one attached hydrogen (secondary N) is 1. The number of ether oxygens (including phenoxy) is 1. The first-order valence-electron chi connectivity index (χ1n) is 7.96. The largest absolute Gasteiger partial charge is 0.466 e. The second kappa shape index (κ2) is 7.92. The van der Waals surface area contributed by atoms with Gasteiger partial charge in [-0.3, -0.25) is 4.90 Å². The Morgan fingerprint density at radius 2 is 2.12 bits per heavy atom. The predicted octanol–water partition coefficient (Wildman–Crippen LogP) is 3.37. The number of amides is 2. The minimum Gasteiger partial charge on any atom is -0.466 e. The first kappa shape index (κ1) is 18.5. The summed E-state index contributed by atoms with van der Waals surface area (Å²) in [5.74, 6) is 0.00148. The fourth-order valence-electron chi connectivity index (χ4n) is 2.71. The van der Waals surface area contributed by atoms with Crippen molar-refractivity contribution in [3.8, 4) is 0 Å². The number of aromatic nitrogens is 1. The van der Waals surface area contributed by atoms with Crippen LogP contribution in [0.15, 0.2) is 51.3 Å². The number of urea groups is 1. The molecule has 1 aromatic carbocycles. The Kier molecular flexibility index (Phi) is 5.63. The van der Waals surface area contributed by atoms with E-state index < -0.39 is 12.0 Å². The van der Waals surface area contributed by atoms with Crippen LogP contribution in [0.3, 0.4) is 0 Å². The first-order valence-corrected chi connectivity index (χ1v) is 9.83. The Bertz CT molecular complexity index is 848. The molecule has 0 radical (unpaired) electrons. The van der Waals surface area contributed by atoms with E-state index in [0.29, 0.717) is 17.0 Å². The van der Waals surface area contributed by atoms with Gasteiger partial charge in [0.25, 0.3) is 0 Å². The van der Waals surface area contributed by atoms with E-state index in [1.54, 1.807) is 18.4 Å². The van der Waals surface area contributed by atoms with Gasteiger partial charge in [-0.2, -0.15) is 0 Å². The maximum Gasteiger partial charge on any atom is 0.338 e. The molecule has 1 N–H and O–H groups in total. The third-order valence-electron chi connectivity index (χ3n) is 4.05. The number of carbonyl (C=O) groups excluding carboxylic acids is 2. The maximum absolute atomic E-state index is 12.5. The van der Waals surface area contributed by atoms with Crippen LogP contribution in [0.4, 0.5) is 4.79 Å². The van der Waals surface area contributed by atoms with Crippen molar-refractivity contribution in [2.24, 2.45) is 0 Å². The highest BCUT2D eigenvalue weighted by molar-refractivity contribution is 8.01. The lowest BCUT2D eigenvalue weighted by molar-refractivity contribution is -0.136. The summed E-state index contributed by atoms with van der Waals surface area (Å²) in [5, 5.41) is 4.86. The zero-order valence-corrected chi connectivity index (χ0v) is 16.3. The van der Waals surface area contributed by atoms with E-state index in [2.05, 4.69) is 10.3 Å². The number of nitrogens with zero attached hydrogens (tertiary/aromatic N) is 2. The van der Waals surface area contributed by atoms with Crippen LogP contribution in [0.5, 0.6) is 0 Å². The van der Waals surface area contributed by atoms with E-state index in [4.69, 9.17) is 4.74 Å². The highest BCUT2D eigenvalue weighted by Gasteiger charge is 2.36. The summed E-state index contributed by atoms with van der Waals surface area (Å²) >= 11 is 3.05. The molecule has 0 fully saturated rings. The van der Waals surface area contributed by atoms with Crippen LogP contribution < -0.4 is 5.32 Å². The topological polar surface area (TPSA) is 71.5 Å². The van der Waals surface area contributed by atoms with Gasteiger partial charge < -0.3 is 10.1 Å². The summed E-state index contributed by atoms with van der Waals surface area (Å²) < 4.78 is 5.91. The van der Waals surface area contributed by atoms with Gasteiger partial charge >= 0.3 is 12.0 Å². The van der Waals surface area contributed by atoms with Gasteiger partial charge in [0.15, 0.2) is 0 Å². The molecule has 1 aromatic heterocycles. The van der Waals surface area contributed by atoms with Crippen LogP contribution in [-0.2, 0) is 9.53 Å². The third kappa shape index (κ3) is 3.76. The number of esters is 1. The molecule has 0 bridgehead atoms. The van der Waals surface area contributed by atoms with Crippen LogP contribution in [0, 0.1) is 6.92 Å². The number of aryl methyl sites for hydroxylation is 1. The van der Waals surface area contributed by atoms with Gasteiger partial charge in [-0.25, -0.2) is 14.6 Å². The van der Waals surface area contributed by atoms with Gasteiger partial charge in [0.1, 0.15) is 4.34 Å². The molecule has 26 heavy (non-hydrogen) atoms. The summed E-state index contributed by atoms with van der Waals surface area (Å²) in [4.78, 5) is 30.9. The summed E-state index contributed by atoms with van der Waals surface area (Å²) in [6, 6.07) is 8.62. The Hall–Kier alpha value is -2.32. The molecule has 3 rings (SSSR count).